The maximum atomic E-state index is 11.8. The second-order valence-corrected chi connectivity index (χ2v) is 5.32. The molecule has 1 aromatic carbocycles. The maximum absolute atomic E-state index is 11.8. The van der Waals surface area contributed by atoms with Gasteiger partial charge in [-0.1, -0.05) is 12.1 Å². The average Bonchev–Trinajstić information content (AvgIpc) is 2.93. The molecule has 0 spiro atoms. The highest BCUT2D eigenvalue weighted by molar-refractivity contribution is 5.89. The lowest BCUT2D eigenvalue weighted by Crippen LogP contribution is -2.26. The molecule has 0 radical (unpaired) electrons. The van der Waals surface area contributed by atoms with Crippen LogP contribution < -0.4 is 5.32 Å². The zero-order chi connectivity index (χ0) is 15.9. The first-order valence-corrected chi connectivity index (χ1v) is 7.37. The summed E-state index contributed by atoms with van der Waals surface area (Å²) in [5, 5.41) is 2.69. The second-order valence-electron chi connectivity index (χ2n) is 5.32. The van der Waals surface area contributed by atoms with Gasteiger partial charge in [-0.15, -0.1) is 0 Å². The standard InChI is InChI=1S/C17H21NO4/c1-12(19)18-14-9-6-13(7-10-14)8-11-17(20)22-16-5-3-4-15(16)21-2/h6-11,15-16H,3-5H2,1-2H3,(H,18,19)/b11-8-/t15-,16+/m1/s1. The third kappa shape index (κ3) is 4.70. The molecular formula is C17H21NO4. The molecule has 1 fully saturated rings. The van der Waals surface area contributed by atoms with E-state index in [1.807, 2.05) is 12.1 Å². The van der Waals surface area contributed by atoms with Gasteiger partial charge in [0.15, 0.2) is 0 Å². The molecule has 5 heteroatoms. The van der Waals surface area contributed by atoms with Crippen LogP contribution in [-0.4, -0.2) is 31.2 Å². The Labute approximate surface area is 130 Å². The normalized spacial score (nSPS) is 21.0. The van der Waals surface area contributed by atoms with Crippen LogP contribution in [0.1, 0.15) is 31.7 Å². The molecule has 1 aliphatic rings. The quantitative estimate of drug-likeness (QED) is 0.671. The Bertz CT molecular complexity index is 550. The van der Waals surface area contributed by atoms with E-state index in [9.17, 15) is 9.59 Å². The Morgan fingerprint density at radius 1 is 1.18 bits per heavy atom. The van der Waals surface area contributed by atoms with E-state index in [1.165, 1.54) is 13.0 Å². The van der Waals surface area contributed by atoms with Gasteiger partial charge in [0.1, 0.15) is 6.10 Å². The summed E-state index contributed by atoms with van der Waals surface area (Å²) in [6, 6.07) is 7.21. The number of hydrogen-bond acceptors (Lipinski definition) is 4. The molecule has 0 aliphatic heterocycles. The van der Waals surface area contributed by atoms with Gasteiger partial charge < -0.3 is 14.8 Å². The molecule has 1 aliphatic carbocycles. The molecular weight excluding hydrogens is 282 g/mol. The third-order valence-electron chi connectivity index (χ3n) is 3.61. The Morgan fingerprint density at radius 3 is 2.50 bits per heavy atom. The zero-order valence-electron chi connectivity index (χ0n) is 12.9. The number of benzene rings is 1. The van der Waals surface area contributed by atoms with Crippen LogP contribution in [-0.2, 0) is 19.1 Å². The Hall–Kier alpha value is -2.14. The minimum Gasteiger partial charge on any atom is -0.456 e. The number of nitrogens with one attached hydrogen (secondary N) is 1. The SMILES string of the molecule is CO[C@@H]1CCC[C@@H]1OC(=O)/C=C\c1ccc(NC(C)=O)cc1. The highest BCUT2D eigenvalue weighted by Gasteiger charge is 2.29. The van der Waals surface area contributed by atoms with Crippen LogP contribution in [0.2, 0.25) is 0 Å². The van der Waals surface area contributed by atoms with Gasteiger partial charge >= 0.3 is 5.97 Å². The smallest absolute Gasteiger partial charge is 0.331 e. The largest absolute Gasteiger partial charge is 0.456 e. The van der Waals surface area contributed by atoms with E-state index in [0.717, 1.165) is 30.5 Å². The highest BCUT2D eigenvalue weighted by Crippen LogP contribution is 2.24. The van der Waals surface area contributed by atoms with Crippen molar-refractivity contribution in [1.29, 1.82) is 0 Å². The van der Waals surface area contributed by atoms with Crippen LogP contribution in [0.3, 0.4) is 0 Å². The van der Waals surface area contributed by atoms with Gasteiger partial charge in [0, 0.05) is 25.8 Å². The summed E-state index contributed by atoms with van der Waals surface area (Å²) >= 11 is 0. The monoisotopic (exact) mass is 303 g/mol. The van der Waals surface area contributed by atoms with Gasteiger partial charge in [-0.2, -0.15) is 0 Å². The van der Waals surface area contributed by atoms with Gasteiger partial charge in [-0.25, -0.2) is 4.79 Å². The molecule has 22 heavy (non-hydrogen) atoms. The first-order valence-electron chi connectivity index (χ1n) is 7.37. The highest BCUT2D eigenvalue weighted by atomic mass is 16.6. The van der Waals surface area contributed by atoms with Gasteiger partial charge in [0.05, 0.1) is 6.10 Å². The first kappa shape index (κ1) is 16.2. The van der Waals surface area contributed by atoms with Crippen LogP contribution in [0, 0.1) is 0 Å². The number of methoxy groups -OCH3 is 1. The molecule has 1 N–H and O–H groups in total. The number of carbonyl (C=O) groups excluding carboxylic acids is 2. The first-order chi connectivity index (χ1) is 10.6. The topological polar surface area (TPSA) is 64.6 Å². The van der Waals surface area contributed by atoms with E-state index in [1.54, 1.807) is 25.3 Å². The Morgan fingerprint density at radius 2 is 1.86 bits per heavy atom. The molecule has 2 atom stereocenters. The van der Waals surface area contributed by atoms with E-state index in [0.29, 0.717) is 0 Å². The molecule has 0 unspecified atom stereocenters. The maximum Gasteiger partial charge on any atom is 0.331 e. The van der Waals surface area contributed by atoms with Crippen molar-refractivity contribution in [3.63, 3.8) is 0 Å². The number of ether oxygens (including phenoxy) is 2. The van der Waals surface area contributed by atoms with Crippen LogP contribution in [0.4, 0.5) is 5.69 Å². The van der Waals surface area contributed by atoms with Crippen LogP contribution in [0.5, 0.6) is 0 Å². The minimum absolute atomic E-state index is 0.00860. The molecule has 5 nitrogen and oxygen atoms in total. The third-order valence-corrected chi connectivity index (χ3v) is 3.61. The lowest BCUT2D eigenvalue weighted by molar-refractivity contribution is -0.148. The van der Waals surface area contributed by atoms with Crippen molar-refractivity contribution in [3.05, 3.63) is 35.9 Å². The molecule has 0 aromatic heterocycles. The van der Waals surface area contributed by atoms with Gasteiger partial charge in [-0.05, 0) is 43.0 Å². The van der Waals surface area contributed by atoms with Crippen molar-refractivity contribution in [2.75, 3.05) is 12.4 Å². The van der Waals surface area contributed by atoms with E-state index in [-0.39, 0.29) is 24.1 Å². The summed E-state index contributed by atoms with van der Waals surface area (Å²) in [7, 11) is 1.64. The van der Waals surface area contributed by atoms with Crippen LogP contribution in [0.15, 0.2) is 30.3 Å². The fourth-order valence-corrected chi connectivity index (χ4v) is 2.53. The van der Waals surface area contributed by atoms with E-state index < -0.39 is 0 Å². The van der Waals surface area contributed by atoms with E-state index in [4.69, 9.17) is 9.47 Å². The minimum atomic E-state index is -0.361. The average molecular weight is 303 g/mol. The van der Waals surface area contributed by atoms with Crippen molar-refractivity contribution >= 4 is 23.6 Å². The fraction of sp³-hybridized carbons (Fsp3) is 0.412. The summed E-state index contributed by atoms with van der Waals surface area (Å²) in [6.07, 6.45) is 5.77. The second kappa shape index (κ2) is 7.75. The van der Waals surface area contributed by atoms with Gasteiger partial charge in [0.25, 0.3) is 0 Å². The Kier molecular flexibility index (Phi) is 5.72. The van der Waals surface area contributed by atoms with Crippen LogP contribution in [0.25, 0.3) is 6.08 Å². The summed E-state index contributed by atoms with van der Waals surface area (Å²) < 4.78 is 10.7. The Balaban J connectivity index is 1.88. The zero-order valence-corrected chi connectivity index (χ0v) is 12.9. The van der Waals surface area contributed by atoms with Gasteiger partial charge in [0.2, 0.25) is 5.91 Å². The van der Waals surface area contributed by atoms with Crippen molar-refractivity contribution in [2.24, 2.45) is 0 Å². The number of rotatable bonds is 5. The molecule has 1 amide bonds. The molecule has 1 aromatic rings. The van der Waals surface area contributed by atoms with Crippen molar-refractivity contribution in [1.82, 2.24) is 0 Å². The lowest BCUT2D eigenvalue weighted by Gasteiger charge is -2.17. The lowest BCUT2D eigenvalue weighted by atomic mass is 10.2. The summed E-state index contributed by atoms with van der Waals surface area (Å²) in [4.78, 5) is 22.8. The summed E-state index contributed by atoms with van der Waals surface area (Å²) in [5.74, 6) is -0.476. The van der Waals surface area contributed by atoms with Crippen molar-refractivity contribution in [2.45, 2.75) is 38.4 Å². The summed E-state index contributed by atoms with van der Waals surface area (Å²) in [6.45, 7) is 1.46. The number of amides is 1. The number of anilines is 1. The molecule has 118 valence electrons. The van der Waals surface area contributed by atoms with E-state index >= 15 is 0 Å². The molecule has 0 saturated heterocycles. The summed E-state index contributed by atoms with van der Waals surface area (Å²) in [5.41, 5.74) is 1.59. The fourth-order valence-electron chi connectivity index (χ4n) is 2.53. The van der Waals surface area contributed by atoms with Crippen molar-refractivity contribution in [3.8, 4) is 0 Å². The van der Waals surface area contributed by atoms with Crippen LogP contribution >= 0.6 is 0 Å². The van der Waals surface area contributed by atoms with E-state index in [2.05, 4.69) is 5.32 Å². The van der Waals surface area contributed by atoms with Crippen molar-refractivity contribution < 1.29 is 19.1 Å². The predicted octanol–water partition coefficient (Wildman–Crippen LogP) is 2.77. The number of hydrogen-bond donors (Lipinski definition) is 1. The molecule has 2 rings (SSSR count). The number of esters is 1. The number of carbonyl (C=O) groups is 2. The molecule has 0 heterocycles. The van der Waals surface area contributed by atoms with Gasteiger partial charge in [-0.3, -0.25) is 4.79 Å². The molecule has 0 bridgehead atoms. The molecule has 1 saturated carbocycles. The predicted molar refractivity (Wildman–Crippen MR) is 84.3 cm³/mol.